The summed E-state index contributed by atoms with van der Waals surface area (Å²) in [5, 5.41) is 24.3. The molecular formula is C14H19N2Na2O6P. The zero-order valence-electron chi connectivity index (χ0n) is 14.8. The molecule has 1 rings (SSSR count). The Morgan fingerprint density at radius 1 is 1.28 bits per heavy atom. The average molecular weight is 388 g/mol. The van der Waals surface area contributed by atoms with Crippen molar-refractivity contribution in [1.82, 2.24) is 5.09 Å². The fraction of sp³-hybridized carbons (Fsp3) is 0.429. The van der Waals surface area contributed by atoms with Gasteiger partial charge in [0, 0.05) is 25.0 Å². The van der Waals surface area contributed by atoms with Gasteiger partial charge in [-0.2, -0.15) is 5.09 Å². The molecule has 3 atom stereocenters. The van der Waals surface area contributed by atoms with E-state index in [9.17, 15) is 24.8 Å². The fourth-order valence-electron chi connectivity index (χ4n) is 1.71. The monoisotopic (exact) mass is 388 g/mol. The molecule has 3 unspecified atom stereocenters. The Morgan fingerprint density at radius 3 is 2.36 bits per heavy atom. The van der Waals surface area contributed by atoms with Gasteiger partial charge >= 0.3 is 59.1 Å². The SMILES string of the molecule is CC(CC(=O)[O-])N[P+]([O-])(O)C(C)N=C([O-])OCc1ccccc1.[Na+].[Na+]. The third-order valence-electron chi connectivity index (χ3n) is 2.88. The van der Waals surface area contributed by atoms with Gasteiger partial charge in [-0.25, -0.2) is 9.89 Å². The van der Waals surface area contributed by atoms with E-state index >= 15 is 0 Å². The minimum Gasteiger partial charge on any atom is -0.640 e. The fourth-order valence-corrected chi connectivity index (χ4v) is 2.90. The molecule has 0 spiro atoms. The maximum atomic E-state index is 12.0. The van der Waals surface area contributed by atoms with E-state index in [1.807, 2.05) is 6.07 Å². The second-order valence-corrected chi connectivity index (χ2v) is 7.28. The van der Waals surface area contributed by atoms with Crippen LogP contribution in [0.2, 0.25) is 0 Å². The molecule has 128 valence electrons. The number of carboxylic acid groups (broad SMARTS) is 1. The minimum atomic E-state index is -4.05. The van der Waals surface area contributed by atoms with Crippen molar-refractivity contribution in [2.24, 2.45) is 4.99 Å². The summed E-state index contributed by atoms with van der Waals surface area (Å²) in [5.41, 5.74) is 0.761. The van der Waals surface area contributed by atoms with Gasteiger partial charge in [-0.05, 0) is 19.4 Å². The second-order valence-electron chi connectivity index (χ2n) is 5.03. The first kappa shape index (κ1) is 27.5. The van der Waals surface area contributed by atoms with Crippen LogP contribution in [0.25, 0.3) is 0 Å². The number of ether oxygens (including phenoxy) is 1. The van der Waals surface area contributed by atoms with E-state index in [1.165, 1.54) is 13.8 Å². The molecule has 25 heavy (non-hydrogen) atoms. The van der Waals surface area contributed by atoms with Crippen molar-refractivity contribution in [2.75, 3.05) is 0 Å². The minimum absolute atomic E-state index is 0. The van der Waals surface area contributed by atoms with E-state index in [0.29, 0.717) is 0 Å². The summed E-state index contributed by atoms with van der Waals surface area (Å²) in [6.45, 7) is 2.68. The third kappa shape index (κ3) is 11.6. The predicted octanol–water partition coefficient (Wildman–Crippen LogP) is -7.49. The van der Waals surface area contributed by atoms with Crippen molar-refractivity contribution in [3.63, 3.8) is 0 Å². The van der Waals surface area contributed by atoms with Gasteiger partial charge in [0.1, 0.15) is 6.08 Å². The van der Waals surface area contributed by atoms with Crippen LogP contribution in [0.4, 0.5) is 0 Å². The van der Waals surface area contributed by atoms with Gasteiger partial charge in [0.25, 0.3) is 0 Å². The van der Waals surface area contributed by atoms with E-state index in [-0.39, 0.29) is 65.7 Å². The summed E-state index contributed by atoms with van der Waals surface area (Å²) < 4.78 is 4.89. The van der Waals surface area contributed by atoms with Crippen LogP contribution in [0.1, 0.15) is 25.8 Å². The van der Waals surface area contributed by atoms with Crippen LogP contribution in [-0.4, -0.2) is 28.8 Å². The smallest absolute Gasteiger partial charge is 0.640 e. The predicted molar refractivity (Wildman–Crippen MR) is 79.5 cm³/mol. The number of nitrogens with one attached hydrogen (secondary N) is 1. The topological polar surface area (TPSA) is 140 Å². The molecule has 0 radical (unpaired) electrons. The molecule has 0 bridgehead atoms. The largest absolute Gasteiger partial charge is 1.00 e. The van der Waals surface area contributed by atoms with Crippen LogP contribution in [0.15, 0.2) is 35.3 Å². The first-order valence-electron chi connectivity index (χ1n) is 6.92. The van der Waals surface area contributed by atoms with Crippen molar-refractivity contribution in [3.8, 4) is 0 Å². The number of carbonyl (C=O) groups excluding carboxylic acids is 1. The van der Waals surface area contributed by atoms with E-state index in [2.05, 4.69) is 10.1 Å². The Kier molecular flexibility index (Phi) is 14.8. The molecule has 0 aliphatic heterocycles. The Morgan fingerprint density at radius 2 is 1.84 bits per heavy atom. The standard InChI is InChI=1S/C14H21N2O6P.2Na/c1-10(8-13(17)18)16-23(20,21)11(2)15-14(19)22-9-12-6-4-3-5-7-12;;/h3-7,10-11H,8-9H2,1-2H3,(H,15,19)(H,17,18)(H2,16,20,21);;/q;2*+1/p-2. The maximum absolute atomic E-state index is 12.0. The molecule has 0 heterocycles. The number of hydrogen-bond donors (Lipinski definition) is 2. The van der Waals surface area contributed by atoms with Gasteiger partial charge in [0.15, 0.2) is 13.7 Å². The molecule has 0 saturated heterocycles. The first-order valence-corrected chi connectivity index (χ1v) is 8.65. The van der Waals surface area contributed by atoms with E-state index in [0.717, 1.165) is 5.56 Å². The normalized spacial score (nSPS) is 15.8. The molecule has 0 amide bonds. The Bertz CT molecular complexity index is 547. The van der Waals surface area contributed by atoms with Gasteiger partial charge in [-0.1, -0.05) is 30.3 Å². The molecule has 0 fully saturated rings. The number of hydrogen-bond acceptors (Lipinski definition) is 8. The third-order valence-corrected chi connectivity index (χ3v) is 4.82. The van der Waals surface area contributed by atoms with Gasteiger partial charge in [-0.3, -0.25) is 0 Å². The van der Waals surface area contributed by atoms with Crippen LogP contribution in [0.3, 0.4) is 0 Å². The van der Waals surface area contributed by atoms with Gasteiger partial charge in [0.05, 0.1) is 0 Å². The molecular weight excluding hydrogens is 369 g/mol. The zero-order valence-corrected chi connectivity index (χ0v) is 19.7. The molecule has 8 nitrogen and oxygen atoms in total. The Hall–Kier alpha value is 0.270. The van der Waals surface area contributed by atoms with Crippen molar-refractivity contribution in [2.45, 2.75) is 38.7 Å². The number of rotatable bonds is 8. The first-order chi connectivity index (χ1) is 10.7. The van der Waals surface area contributed by atoms with Crippen LogP contribution in [0.5, 0.6) is 0 Å². The zero-order chi connectivity index (χ0) is 17.5. The van der Waals surface area contributed by atoms with Gasteiger partial charge in [-0.15, -0.1) is 0 Å². The summed E-state index contributed by atoms with van der Waals surface area (Å²) in [6.07, 6.45) is -1.40. The quantitative estimate of drug-likeness (QED) is 0.195. The summed E-state index contributed by atoms with van der Waals surface area (Å²) in [6, 6.07) is 8.11. The number of aliphatic carboxylic acids is 1. The molecule has 0 aliphatic carbocycles. The van der Waals surface area contributed by atoms with E-state index in [1.54, 1.807) is 24.3 Å². The van der Waals surface area contributed by atoms with Crippen LogP contribution < -0.4 is 79.3 Å². The summed E-state index contributed by atoms with van der Waals surface area (Å²) in [4.78, 5) is 35.8. The van der Waals surface area contributed by atoms with Crippen molar-refractivity contribution in [1.29, 1.82) is 0 Å². The van der Waals surface area contributed by atoms with Gasteiger partial charge in [0.2, 0.25) is 0 Å². The molecule has 11 heteroatoms. The van der Waals surface area contributed by atoms with Crippen LogP contribution in [-0.2, 0) is 16.1 Å². The number of aliphatic imine (C=N–C) groups is 1. The van der Waals surface area contributed by atoms with Crippen molar-refractivity contribution in [3.05, 3.63) is 35.9 Å². The molecule has 2 N–H and O–H groups in total. The molecule has 0 aromatic heterocycles. The summed E-state index contributed by atoms with van der Waals surface area (Å²) in [7, 11) is -4.05. The van der Waals surface area contributed by atoms with Crippen LogP contribution >= 0.6 is 7.87 Å². The molecule has 0 aliphatic rings. The molecule has 1 aromatic rings. The molecule has 1 aromatic carbocycles. The number of nitrogens with zero attached hydrogens (tertiary/aromatic N) is 1. The second kappa shape index (κ2) is 13.4. The molecule has 0 saturated carbocycles. The number of benzene rings is 1. The maximum Gasteiger partial charge on any atom is 1.00 e. The van der Waals surface area contributed by atoms with Gasteiger partial charge < -0.3 is 24.6 Å². The Balaban J connectivity index is 0. The van der Waals surface area contributed by atoms with Crippen LogP contribution in [0, 0.1) is 0 Å². The Labute approximate surface area is 191 Å². The number of carbonyl (C=O) groups is 1. The van der Waals surface area contributed by atoms with E-state index in [4.69, 9.17) is 4.74 Å². The van der Waals surface area contributed by atoms with Crippen molar-refractivity contribution < 1.29 is 88.6 Å². The average Bonchev–Trinajstić information content (AvgIpc) is 2.44. The summed E-state index contributed by atoms with van der Waals surface area (Å²) >= 11 is 0. The van der Waals surface area contributed by atoms with Crippen molar-refractivity contribution >= 4 is 19.9 Å². The summed E-state index contributed by atoms with van der Waals surface area (Å²) in [5.74, 6) is -2.62. The van der Waals surface area contributed by atoms with E-state index < -0.39 is 38.2 Å². The number of carboxylic acids is 1.